The van der Waals surface area contributed by atoms with E-state index in [-0.39, 0.29) is 24.1 Å². The number of nitrogen functional groups attached to an aromatic ring is 1. The van der Waals surface area contributed by atoms with Gasteiger partial charge in [0.2, 0.25) is 11.8 Å². The van der Waals surface area contributed by atoms with Crippen LogP contribution in [-0.2, 0) is 16.1 Å². The summed E-state index contributed by atoms with van der Waals surface area (Å²) in [4.78, 5) is 52.5. The van der Waals surface area contributed by atoms with Crippen LogP contribution in [0.3, 0.4) is 0 Å². The maximum Gasteiger partial charge on any atom is 0.255 e. The zero-order valence-electron chi connectivity index (χ0n) is 31.4. The van der Waals surface area contributed by atoms with Crippen molar-refractivity contribution in [2.24, 2.45) is 5.92 Å². The van der Waals surface area contributed by atoms with Gasteiger partial charge in [0, 0.05) is 112 Å². The number of H-pyrrole nitrogens is 1. The van der Waals surface area contributed by atoms with Crippen LogP contribution in [0.2, 0.25) is 0 Å². The molecule has 1 aromatic heterocycles. The van der Waals surface area contributed by atoms with Gasteiger partial charge in [-0.3, -0.25) is 24.6 Å². The van der Waals surface area contributed by atoms with Crippen LogP contribution >= 0.6 is 0 Å². The summed E-state index contributed by atoms with van der Waals surface area (Å²) in [7, 11) is 0. The fourth-order valence-electron chi connectivity index (χ4n) is 9.84. The third-order valence-electron chi connectivity index (χ3n) is 12.9. The normalized spacial score (nSPS) is 23.0. The third-order valence-corrected chi connectivity index (χ3v) is 12.9. The van der Waals surface area contributed by atoms with Gasteiger partial charge in [-0.15, -0.1) is 0 Å². The first kappa shape index (κ1) is 34.7. The lowest BCUT2D eigenvalue weighted by atomic mass is 9.88. The summed E-state index contributed by atoms with van der Waals surface area (Å²) < 4.78 is 0. The van der Waals surface area contributed by atoms with Crippen molar-refractivity contribution in [3.63, 3.8) is 0 Å². The first-order valence-electron chi connectivity index (χ1n) is 20.0. The van der Waals surface area contributed by atoms with Gasteiger partial charge in [-0.25, -0.2) is 0 Å². The Balaban J connectivity index is 0.743. The van der Waals surface area contributed by atoms with Gasteiger partial charge in [-0.05, 0) is 104 Å². The summed E-state index contributed by atoms with van der Waals surface area (Å²) in [6.45, 7) is 12.0. The maximum absolute atomic E-state index is 13.1. The predicted octanol–water partition coefficient (Wildman–Crippen LogP) is 5.24. The third kappa shape index (κ3) is 6.56. The number of carbonyl (C=O) groups excluding carboxylic acids is 3. The second-order valence-electron chi connectivity index (χ2n) is 16.2. The Morgan fingerprint density at radius 2 is 1.50 bits per heavy atom. The van der Waals surface area contributed by atoms with Crippen molar-refractivity contribution in [2.45, 2.75) is 64.0 Å². The minimum Gasteiger partial charge on any atom is -0.397 e. The molecule has 11 nitrogen and oxygen atoms in total. The Hall–Kier alpha value is -5.03. The summed E-state index contributed by atoms with van der Waals surface area (Å²) in [6.07, 6.45) is 7.40. The molecule has 6 heterocycles. The fourth-order valence-corrected chi connectivity index (χ4v) is 9.84. The number of anilines is 4. The number of carbonyl (C=O) groups is 3. The van der Waals surface area contributed by atoms with E-state index >= 15 is 0 Å². The second kappa shape index (κ2) is 14.3. The van der Waals surface area contributed by atoms with E-state index < -0.39 is 6.04 Å². The number of hydrogen-bond acceptors (Lipinski definition) is 8. The highest BCUT2D eigenvalue weighted by Crippen LogP contribution is 2.37. The van der Waals surface area contributed by atoms with E-state index in [1.165, 1.54) is 59.1 Å². The number of nitrogens with zero attached hydrogens (tertiary/aromatic N) is 5. The Morgan fingerprint density at radius 1 is 0.778 bits per heavy atom. The molecule has 5 aliphatic rings. The number of aromatic nitrogens is 1. The molecular formula is C43H52N8O3. The van der Waals surface area contributed by atoms with E-state index in [2.05, 4.69) is 85.4 Å². The summed E-state index contributed by atoms with van der Waals surface area (Å²) in [5, 5.41) is 3.57. The molecule has 0 aliphatic carbocycles. The molecule has 54 heavy (non-hydrogen) atoms. The Kier molecular flexibility index (Phi) is 9.21. The molecule has 11 heteroatoms. The number of imide groups is 1. The van der Waals surface area contributed by atoms with Crippen LogP contribution < -0.4 is 25.8 Å². The molecule has 282 valence electrons. The highest BCUT2D eigenvalue weighted by Gasteiger charge is 2.39. The Labute approximate surface area is 317 Å². The number of hydrogen-bond donors (Lipinski definition) is 3. The zero-order chi connectivity index (χ0) is 36.9. The topological polar surface area (TPSA) is 121 Å². The van der Waals surface area contributed by atoms with Crippen LogP contribution in [0.15, 0.2) is 60.8 Å². The van der Waals surface area contributed by atoms with Crippen molar-refractivity contribution >= 4 is 51.4 Å². The molecule has 3 aromatic carbocycles. The molecular weight excluding hydrogens is 677 g/mol. The van der Waals surface area contributed by atoms with Gasteiger partial charge < -0.3 is 30.3 Å². The molecule has 4 aromatic rings. The minimum atomic E-state index is -0.580. The average Bonchev–Trinajstić information content (AvgIpc) is 3.75. The van der Waals surface area contributed by atoms with E-state index in [0.29, 0.717) is 30.4 Å². The van der Waals surface area contributed by atoms with E-state index in [1.54, 1.807) is 4.90 Å². The number of nitrogens with two attached hydrogens (primary N) is 1. The fraction of sp³-hybridized carbons (Fsp3) is 0.465. The number of fused-ring (bicyclic) bond motifs is 2. The number of amides is 3. The smallest absolute Gasteiger partial charge is 0.255 e. The van der Waals surface area contributed by atoms with Crippen LogP contribution in [-0.4, -0.2) is 97.4 Å². The van der Waals surface area contributed by atoms with Crippen molar-refractivity contribution in [1.82, 2.24) is 20.1 Å². The molecule has 0 saturated carbocycles. The summed E-state index contributed by atoms with van der Waals surface area (Å²) in [5.41, 5.74) is 16.4. The van der Waals surface area contributed by atoms with Crippen LogP contribution in [0.25, 0.3) is 10.9 Å². The van der Waals surface area contributed by atoms with Gasteiger partial charge in [-0.2, -0.15) is 0 Å². The average molecular weight is 729 g/mol. The number of aryl methyl sites for hydroxylation is 1. The summed E-state index contributed by atoms with van der Waals surface area (Å²) in [5.74, 6) is 0.446. The van der Waals surface area contributed by atoms with Crippen molar-refractivity contribution in [1.29, 1.82) is 0 Å². The number of piperazine rings is 1. The standard InChI is InChI=1S/C43H52N8O3/c1-28-4-10-35(41-40(28)37(44)24-45-41)30-3-2-16-50(26-30)33-7-5-32(6-8-33)48-17-14-29(15-18-48)25-47-19-21-49(22-20-47)34-9-11-36-31(23-34)27-51(43(36)54)38-12-13-39(52)46-42(38)53/h4-11,23-24,29-30,38,45H,2-3,12-22,25-27,44H2,1H3,(H,46,52,53)/t30-,38?/m0/s1. The molecule has 9 rings (SSSR count). The molecule has 0 radical (unpaired) electrons. The number of piperidine rings is 3. The lowest BCUT2D eigenvalue weighted by Crippen LogP contribution is -2.52. The van der Waals surface area contributed by atoms with Gasteiger partial charge in [-0.1, -0.05) is 12.1 Å². The monoisotopic (exact) mass is 728 g/mol. The largest absolute Gasteiger partial charge is 0.397 e. The zero-order valence-corrected chi connectivity index (χ0v) is 31.4. The summed E-state index contributed by atoms with van der Waals surface area (Å²) in [6, 6.07) is 19.4. The van der Waals surface area contributed by atoms with Gasteiger partial charge in [0.05, 0.1) is 11.2 Å². The SMILES string of the molecule is Cc1ccc([C@H]2CCCN(c3ccc(N4CCC(CN5CCN(c6ccc7c(c6)CN(C6CCC(=O)NC6=O)C7=O)CC5)CC4)cc3)C2)c2[nH]cc(N)c12. The van der Waals surface area contributed by atoms with Crippen molar-refractivity contribution < 1.29 is 14.4 Å². The van der Waals surface area contributed by atoms with Gasteiger partial charge in [0.25, 0.3) is 5.91 Å². The van der Waals surface area contributed by atoms with Crippen molar-refractivity contribution in [3.8, 4) is 0 Å². The highest BCUT2D eigenvalue weighted by atomic mass is 16.2. The molecule has 4 fully saturated rings. The molecule has 0 spiro atoms. The second-order valence-corrected chi connectivity index (χ2v) is 16.2. The quantitative estimate of drug-likeness (QED) is 0.221. The van der Waals surface area contributed by atoms with E-state index in [9.17, 15) is 14.4 Å². The van der Waals surface area contributed by atoms with Crippen LogP contribution in [0, 0.1) is 12.8 Å². The van der Waals surface area contributed by atoms with E-state index in [4.69, 9.17) is 5.73 Å². The lowest BCUT2D eigenvalue weighted by molar-refractivity contribution is -0.136. The van der Waals surface area contributed by atoms with E-state index in [1.807, 2.05) is 12.3 Å². The predicted molar refractivity (Wildman–Crippen MR) is 214 cm³/mol. The molecule has 4 saturated heterocycles. The molecule has 5 aliphatic heterocycles. The minimum absolute atomic E-state index is 0.117. The summed E-state index contributed by atoms with van der Waals surface area (Å²) >= 11 is 0. The van der Waals surface area contributed by atoms with Crippen LogP contribution in [0.5, 0.6) is 0 Å². The number of rotatable bonds is 7. The number of nitrogens with one attached hydrogen (secondary N) is 2. The van der Waals surface area contributed by atoms with Gasteiger partial charge >= 0.3 is 0 Å². The molecule has 3 amide bonds. The molecule has 2 atom stereocenters. The Bertz CT molecular complexity index is 2060. The van der Waals surface area contributed by atoms with Gasteiger partial charge in [0.15, 0.2) is 0 Å². The number of aromatic amines is 1. The highest BCUT2D eigenvalue weighted by molar-refractivity contribution is 6.05. The van der Waals surface area contributed by atoms with E-state index in [0.717, 1.165) is 75.8 Å². The van der Waals surface area contributed by atoms with Crippen LogP contribution in [0.1, 0.15) is 71.5 Å². The first-order chi connectivity index (χ1) is 26.3. The van der Waals surface area contributed by atoms with Crippen molar-refractivity contribution in [3.05, 3.63) is 83.0 Å². The first-order valence-corrected chi connectivity index (χ1v) is 20.0. The molecule has 4 N–H and O–H groups in total. The van der Waals surface area contributed by atoms with Crippen LogP contribution in [0.4, 0.5) is 22.7 Å². The maximum atomic E-state index is 13.1. The lowest BCUT2D eigenvalue weighted by Gasteiger charge is -2.40. The molecule has 0 bridgehead atoms. The number of benzene rings is 3. The Morgan fingerprint density at radius 3 is 2.26 bits per heavy atom. The van der Waals surface area contributed by atoms with Crippen molar-refractivity contribution in [2.75, 3.05) is 79.3 Å². The van der Waals surface area contributed by atoms with Gasteiger partial charge in [0.1, 0.15) is 6.04 Å². The molecule has 1 unspecified atom stereocenters.